The molecule has 1 unspecified atom stereocenters. The molecule has 2 saturated heterocycles. The first kappa shape index (κ1) is 16.6. The predicted molar refractivity (Wildman–Crippen MR) is 93.0 cm³/mol. The fourth-order valence-corrected chi connectivity index (χ4v) is 4.60. The van der Waals surface area contributed by atoms with Crippen molar-refractivity contribution in [3.05, 3.63) is 17.5 Å². The van der Waals surface area contributed by atoms with Gasteiger partial charge in [0, 0.05) is 57.4 Å². The van der Waals surface area contributed by atoms with E-state index in [4.69, 9.17) is 5.10 Å². The molecule has 3 heterocycles. The van der Waals surface area contributed by atoms with Gasteiger partial charge in [-0.1, -0.05) is 12.8 Å². The van der Waals surface area contributed by atoms with Crippen LogP contribution in [0.4, 0.5) is 4.79 Å². The second-order valence-electron chi connectivity index (χ2n) is 7.50. The van der Waals surface area contributed by atoms with E-state index in [1.165, 1.54) is 41.8 Å². The number of aryl methyl sites for hydroxylation is 1. The van der Waals surface area contributed by atoms with Crippen LogP contribution in [0, 0.1) is 0 Å². The van der Waals surface area contributed by atoms with Crippen LogP contribution >= 0.6 is 0 Å². The molecule has 3 amide bonds. The van der Waals surface area contributed by atoms with Crippen molar-refractivity contribution in [1.29, 1.82) is 0 Å². The maximum atomic E-state index is 12.5. The van der Waals surface area contributed by atoms with E-state index in [9.17, 15) is 9.59 Å². The number of nitrogens with zero attached hydrogens (tertiary/aromatic N) is 5. The van der Waals surface area contributed by atoms with E-state index in [-0.39, 0.29) is 18.0 Å². The van der Waals surface area contributed by atoms with E-state index < -0.39 is 0 Å². The number of piperazine rings is 1. The Labute approximate surface area is 148 Å². The number of likely N-dealkylation sites (N-methyl/N-ethyl adjacent to an activating group) is 1. The first-order chi connectivity index (χ1) is 12.1. The largest absolute Gasteiger partial charge is 0.327 e. The van der Waals surface area contributed by atoms with Gasteiger partial charge in [-0.15, -0.1) is 0 Å². The van der Waals surface area contributed by atoms with Gasteiger partial charge in [0.2, 0.25) is 0 Å². The van der Waals surface area contributed by atoms with Crippen molar-refractivity contribution in [3.63, 3.8) is 0 Å². The number of aromatic nitrogens is 2. The van der Waals surface area contributed by atoms with Crippen molar-refractivity contribution >= 4 is 11.9 Å². The van der Waals surface area contributed by atoms with Crippen LogP contribution in [-0.2, 0) is 18.4 Å². The van der Waals surface area contributed by atoms with Gasteiger partial charge in [-0.05, 0) is 19.8 Å². The molecule has 7 heteroatoms. The Bertz CT molecular complexity index is 679. The van der Waals surface area contributed by atoms with Crippen molar-refractivity contribution < 1.29 is 9.59 Å². The van der Waals surface area contributed by atoms with Crippen LogP contribution in [-0.4, -0.2) is 68.6 Å². The lowest BCUT2D eigenvalue weighted by Crippen LogP contribution is -2.52. The highest BCUT2D eigenvalue weighted by Gasteiger charge is 2.46. The van der Waals surface area contributed by atoms with Crippen LogP contribution in [0.3, 0.4) is 0 Å². The summed E-state index contributed by atoms with van der Waals surface area (Å²) >= 11 is 0. The molecule has 0 spiro atoms. The first-order valence-electron chi connectivity index (χ1n) is 9.45. The Morgan fingerprint density at radius 1 is 1.20 bits per heavy atom. The molecule has 136 valence electrons. The third-order valence-corrected chi connectivity index (χ3v) is 5.88. The Morgan fingerprint density at radius 3 is 2.68 bits per heavy atom. The quantitative estimate of drug-likeness (QED) is 0.777. The molecule has 0 N–H and O–H groups in total. The SMILES string of the molecule is CCN1C(=O)C2CN(Cc3cn(C)nc3C3CCCC3)CCN2C1=O. The molecular weight excluding hydrogens is 318 g/mol. The molecule has 1 atom stereocenters. The van der Waals surface area contributed by atoms with E-state index >= 15 is 0 Å². The minimum absolute atomic E-state index is 0.0422. The molecule has 1 aromatic rings. The summed E-state index contributed by atoms with van der Waals surface area (Å²) in [6, 6.07) is -0.432. The van der Waals surface area contributed by atoms with Crippen LogP contribution in [0.25, 0.3) is 0 Å². The number of hydrogen-bond acceptors (Lipinski definition) is 4. The van der Waals surface area contributed by atoms with Gasteiger partial charge < -0.3 is 4.90 Å². The third-order valence-electron chi connectivity index (χ3n) is 5.88. The van der Waals surface area contributed by atoms with E-state index in [1.807, 2.05) is 18.7 Å². The van der Waals surface area contributed by atoms with Crippen molar-refractivity contribution in [3.8, 4) is 0 Å². The lowest BCUT2D eigenvalue weighted by atomic mass is 10.00. The molecule has 0 bridgehead atoms. The van der Waals surface area contributed by atoms with E-state index in [2.05, 4.69) is 11.1 Å². The van der Waals surface area contributed by atoms with E-state index in [1.54, 1.807) is 4.90 Å². The number of rotatable bonds is 4. The highest BCUT2D eigenvalue weighted by molar-refractivity contribution is 6.04. The molecule has 7 nitrogen and oxygen atoms in total. The number of urea groups is 1. The Morgan fingerprint density at radius 2 is 1.96 bits per heavy atom. The highest BCUT2D eigenvalue weighted by atomic mass is 16.2. The maximum Gasteiger partial charge on any atom is 0.327 e. The predicted octanol–water partition coefficient (Wildman–Crippen LogP) is 1.55. The van der Waals surface area contributed by atoms with Crippen molar-refractivity contribution in [2.24, 2.45) is 7.05 Å². The highest BCUT2D eigenvalue weighted by Crippen LogP contribution is 2.35. The van der Waals surface area contributed by atoms with Crippen molar-refractivity contribution in [2.75, 3.05) is 26.2 Å². The molecule has 3 aliphatic rings. The molecule has 1 aromatic heterocycles. The van der Waals surface area contributed by atoms with Crippen molar-refractivity contribution in [2.45, 2.75) is 51.1 Å². The number of fused-ring (bicyclic) bond motifs is 1. The van der Waals surface area contributed by atoms with Gasteiger partial charge in [-0.2, -0.15) is 5.10 Å². The normalized spacial score (nSPS) is 25.3. The minimum Gasteiger partial charge on any atom is -0.310 e. The Balaban J connectivity index is 1.48. The zero-order chi connectivity index (χ0) is 17.6. The van der Waals surface area contributed by atoms with E-state index in [0.717, 1.165) is 13.1 Å². The van der Waals surface area contributed by atoms with Gasteiger partial charge in [0.25, 0.3) is 5.91 Å². The van der Waals surface area contributed by atoms with Gasteiger partial charge in [0.1, 0.15) is 6.04 Å². The molecule has 0 radical (unpaired) electrons. The summed E-state index contributed by atoms with van der Waals surface area (Å²) in [4.78, 5) is 30.2. The summed E-state index contributed by atoms with van der Waals surface area (Å²) in [5, 5.41) is 4.73. The smallest absolute Gasteiger partial charge is 0.310 e. The summed E-state index contributed by atoms with van der Waals surface area (Å²) in [6.45, 7) is 5.20. The van der Waals surface area contributed by atoms with Crippen LogP contribution in [0.1, 0.15) is 49.8 Å². The lowest BCUT2D eigenvalue weighted by molar-refractivity contribution is -0.129. The van der Waals surface area contributed by atoms with Gasteiger partial charge in [-0.25, -0.2) is 4.79 Å². The van der Waals surface area contributed by atoms with Gasteiger partial charge in [-0.3, -0.25) is 19.3 Å². The zero-order valence-electron chi connectivity index (χ0n) is 15.1. The number of hydrogen-bond donors (Lipinski definition) is 0. The maximum absolute atomic E-state index is 12.5. The number of imide groups is 1. The van der Waals surface area contributed by atoms with Crippen LogP contribution in [0.2, 0.25) is 0 Å². The first-order valence-corrected chi connectivity index (χ1v) is 9.45. The standard InChI is InChI=1S/C18H27N5O2/c1-3-22-17(24)15-12-21(8-9-23(15)18(22)25)11-14-10-20(2)19-16(14)13-6-4-5-7-13/h10,13,15H,3-9,11-12H2,1-2H3. The summed E-state index contributed by atoms with van der Waals surface area (Å²) in [5.74, 6) is 0.544. The molecule has 2 aliphatic heterocycles. The molecule has 25 heavy (non-hydrogen) atoms. The van der Waals surface area contributed by atoms with Crippen LogP contribution in [0.5, 0.6) is 0 Å². The topological polar surface area (TPSA) is 61.7 Å². The number of amides is 3. The average molecular weight is 345 g/mol. The van der Waals surface area contributed by atoms with Crippen LogP contribution < -0.4 is 0 Å². The summed E-state index contributed by atoms with van der Waals surface area (Å²) in [6.07, 6.45) is 7.19. The second-order valence-corrected chi connectivity index (χ2v) is 7.50. The lowest BCUT2D eigenvalue weighted by Gasteiger charge is -2.35. The third kappa shape index (κ3) is 2.84. The molecule has 0 aromatic carbocycles. The minimum atomic E-state index is -0.312. The summed E-state index contributed by atoms with van der Waals surface area (Å²) in [5.41, 5.74) is 2.53. The Kier molecular flexibility index (Phi) is 4.27. The molecule has 3 fully saturated rings. The van der Waals surface area contributed by atoms with Gasteiger partial charge in [0.05, 0.1) is 5.69 Å². The fourth-order valence-electron chi connectivity index (χ4n) is 4.60. The van der Waals surface area contributed by atoms with Crippen molar-refractivity contribution in [1.82, 2.24) is 24.5 Å². The Hall–Kier alpha value is -1.89. The molecule has 1 saturated carbocycles. The zero-order valence-corrected chi connectivity index (χ0v) is 15.1. The number of carbonyl (C=O) groups excluding carboxylic acids is 2. The molecular formula is C18H27N5O2. The number of carbonyl (C=O) groups is 2. The average Bonchev–Trinajstić information content (AvgIpc) is 3.29. The monoisotopic (exact) mass is 345 g/mol. The summed E-state index contributed by atoms with van der Waals surface area (Å²) in [7, 11) is 1.98. The van der Waals surface area contributed by atoms with Gasteiger partial charge in [0.15, 0.2) is 0 Å². The summed E-state index contributed by atoms with van der Waals surface area (Å²) < 4.78 is 1.92. The molecule has 1 aliphatic carbocycles. The molecule has 4 rings (SSSR count). The van der Waals surface area contributed by atoms with Crippen LogP contribution in [0.15, 0.2) is 6.20 Å². The van der Waals surface area contributed by atoms with Gasteiger partial charge >= 0.3 is 6.03 Å². The fraction of sp³-hybridized carbons (Fsp3) is 0.722. The van der Waals surface area contributed by atoms with E-state index in [0.29, 0.717) is 25.6 Å². The second kappa shape index (κ2) is 6.44.